The zero-order chi connectivity index (χ0) is 13.1. The van der Waals surface area contributed by atoms with Crippen molar-refractivity contribution in [1.82, 2.24) is 5.32 Å². The van der Waals surface area contributed by atoms with Gasteiger partial charge in [-0.15, -0.1) is 0 Å². The number of hydrogen-bond acceptors (Lipinski definition) is 2. The van der Waals surface area contributed by atoms with Gasteiger partial charge in [0.2, 0.25) is 0 Å². The largest absolute Gasteiger partial charge is 0.365 e. The van der Waals surface area contributed by atoms with E-state index in [4.69, 9.17) is 11.6 Å². The van der Waals surface area contributed by atoms with Crippen LogP contribution in [0.4, 0.5) is 5.69 Å². The van der Waals surface area contributed by atoms with Gasteiger partial charge in [-0.1, -0.05) is 24.9 Å². The Kier molecular flexibility index (Phi) is 4.93. The van der Waals surface area contributed by atoms with Gasteiger partial charge in [0, 0.05) is 34.7 Å². The summed E-state index contributed by atoms with van der Waals surface area (Å²) < 4.78 is 1.12. The van der Waals surface area contributed by atoms with Crippen LogP contribution in [0.2, 0.25) is 5.02 Å². The first kappa shape index (κ1) is 14.2. The quantitative estimate of drug-likeness (QED) is 0.898. The van der Waals surface area contributed by atoms with E-state index in [-0.39, 0.29) is 0 Å². The molecule has 2 rings (SSSR count). The monoisotopic (exact) mass is 330 g/mol. The molecule has 1 aromatic rings. The number of nitrogens with zero attached hydrogens (tertiary/aromatic N) is 1. The van der Waals surface area contributed by atoms with Crippen molar-refractivity contribution in [3.63, 3.8) is 0 Å². The van der Waals surface area contributed by atoms with Crippen LogP contribution in [-0.4, -0.2) is 25.2 Å². The summed E-state index contributed by atoms with van der Waals surface area (Å²) in [6.45, 7) is 6.57. The van der Waals surface area contributed by atoms with Crippen molar-refractivity contribution in [3.05, 3.63) is 27.7 Å². The lowest BCUT2D eigenvalue weighted by Crippen LogP contribution is -2.55. The molecule has 1 aliphatic heterocycles. The summed E-state index contributed by atoms with van der Waals surface area (Å²) in [5.74, 6) is 0. The van der Waals surface area contributed by atoms with E-state index in [9.17, 15) is 0 Å². The predicted molar refractivity (Wildman–Crippen MR) is 82.7 cm³/mol. The fourth-order valence-electron chi connectivity index (χ4n) is 2.51. The number of piperazine rings is 1. The molecule has 1 N–H and O–H groups in total. The molecule has 0 saturated carbocycles. The van der Waals surface area contributed by atoms with Gasteiger partial charge in [-0.25, -0.2) is 0 Å². The van der Waals surface area contributed by atoms with Gasteiger partial charge in [-0.2, -0.15) is 0 Å². The number of anilines is 1. The topological polar surface area (TPSA) is 15.3 Å². The Bertz CT molecular complexity index is 411. The molecule has 0 radical (unpaired) electrons. The molecule has 100 valence electrons. The Morgan fingerprint density at radius 3 is 3.00 bits per heavy atom. The highest BCUT2D eigenvalue weighted by molar-refractivity contribution is 9.10. The van der Waals surface area contributed by atoms with Crippen molar-refractivity contribution in [1.29, 1.82) is 0 Å². The molecule has 4 heteroatoms. The molecule has 2 unspecified atom stereocenters. The van der Waals surface area contributed by atoms with Gasteiger partial charge in [0.05, 0.1) is 5.69 Å². The molecule has 0 aliphatic carbocycles. The molecule has 0 bridgehead atoms. The predicted octanol–water partition coefficient (Wildman–Crippen LogP) is 4.07. The maximum Gasteiger partial charge on any atom is 0.0528 e. The Morgan fingerprint density at radius 2 is 2.28 bits per heavy atom. The van der Waals surface area contributed by atoms with Crippen molar-refractivity contribution in [2.45, 2.75) is 38.8 Å². The lowest BCUT2D eigenvalue weighted by atomic mass is 10.1. The summed E-state index contributed by atoms with van der Waals surface area (Å²) in [5, 5.41) is 4.41. The SMILES string of the molecule is CCCC1CN(c2cc(Cl)ccc2Br)C(C)CN1. The number of benzene rings is 1. The van der Waals surface area contributed by atoms with Gasteiger partial charge in [-0.05, 0) is 47.5 Å². The fraction of sp³-hybridized carbons (Fsp3) is 0.571. The van der Waals surface area contributed by atoms with Crippen LogP contribution in [0.25, 0.3) is 0 Å². The van der Waals surface area contributed by atoms with Gasteiger partial charge in [0.25, 0.3) is 0 Å². The van der Waals surface area contributed by atoms with Crippen LogP contribution < -0.4 is 10.2 Å². The lowest BCUT2D eigenvalue weighted by Gasteiger charge is -2.41. The lowest BCUT2D eigenvalue weighted by molar-refractivity contribution is 0.386. The maximum absolute atomic E-state index is 6.12. The van der Waals surface area contributed by atoms with E-state index in [0.717, 1.165) is 22.6 Å². The Morgan fingerprint density at radius 1 is 1.50 bits per heavy atom. The van der Waals surface area contributed by atoms with E-state index in [1.165, 1.54) is 18.5 Å². The zero-order valence-corrected chi connectivity index (χ0v) is 13.3. The van der Waals surface area contributed by atoms with E-state index >= 15 is 0 Å². The molecular formula is C14H20BrClN2. The van der Waals surface area contributed by atoms with E-state index in [0.29, 0.717) is 12.1 Å². The van der Waals surface area contributed by atoms with Crippen LogP contribution in [0.5, 0.6) is 0 Å². The standard InChI is InChI=1S/C14H20BrClN2/c1-3-4-12-9-18(10(2)8-17-12)14-7-11(16)5-6-13(14)15/h5-7,10,12,17H,3-4,8-9H2,1-2H3. The molecule has 1 saturated heterocycles. The second-order valence-corrected chi connectivity index (χ2v) is 6.28. The Hall–Kier alpha value is -0.250. The average molecular weight is 332 g/mol. The molecular weight excluding hydrogens is 312 g/mol. The average Bonchev–Trinajstić information content (AvgIpc) is 2.35. The summed E-state index contributed by atoms with van der Waals surface area (Å²) in [5.41, 5.74) is 1.21. The molecule has 0 amide bonds. The molecule has 1 aromatic carbocycles. The first-order valence-corrected chi connectivity index (χ1v) is 7.74. The highest BCUT2D eigenvalue weighted by Crippen LogP contribution is 2.31. The Balaban J connectivity index is 2.21. The van der Waals surface area contributed by atoms with Gasteiger partial charge in [0.15, 0.2) is 0 Å². The summed E-state index contributed by atoms with van der Waals surface area (Å²) in [4.78, 5) is 2.45. The second-order valence-electron chi connectivity index (χ2n) is 4.99. The number of hydrogen-bond donors (Lipinski definition) is 1. The third-order valence-electron chi connectivity index (χ3n) is 3.51. The summed E-state index contributed by atoms with van der Waals surface area (Å²) in [7, 11) is 0. The highest BCUT2D eigenvalue weighted by Gasteiger charge is 2.25. The van der Waals surface area contributed by atoms with Crippen LogP contribution in [0, 0.1) is 0 Å². The number of halogens is 2. The van der Waals surface area contributed by atoms with Gasteiger partial charge in [-0.3, -0.25) is 0 Å². The molecule has 2 atom stereocenters. The summed E-state index contributed by atoms with van der Waals surface area (Å²) >= 11 is 9.75. The number of rotatable bonds is 3. The first-order chi connectivity index (χ1) is 8.61. The van der Waals surface area contributed by atoms with Crippen LogP contribution in [0.1, 0.15) is 26.7 Å². The third-order valence-corrected chi connectivity index (χ3v) is 4.41. The van der Waals surface area contributed by atoms with Gasteiger partial charge in [0.1, 0.15) is 0 Å². The number of nitrogens with one attached hydrogen (secondary N) is 1. The third kappa shape index (κ3) is 3.19. The highest BCUT2D eigenvalue weighted by atomic mass is 79.9. The van der Waals surface area contributed by atoms with E-state index < -0.39 is 0 Å². The van der Waals surface area contributed by atoms with Crippen molar-refractivity contribution in [2.24, 2.45) is 0 Å². The van der Waals surface area contributed by atoms with Crippen molar-refractivity contribution >= 4 is 33.2 Å². The van der Waals surface area contributed by atoms with Crippen molar-refractivity contribution in [3.8, 4) is 0 Å². The molecule has 18 heavy (non-hydrogen) atoms. The van der Waals surface area contributed by atoms with Crippen molar-refractivity contribution < 1.29 is 0 Å². The fourth-order valence-corrected chi connectivity index (χ4v) is 3.15. The van der Waals surface area contributed by atoms with Gasteiger partial charge < -0.3 is 10.2 Å². The van der Waals surface area contributed by atoms with Crippen LogP contribution in [0.15, 0.2) is 22.7 Å². The van der Waals surface area contributed by atoms with Gasteiger partial charge >= 0.3 is 0 Å². The zero-order valence-electron chi connectivity index (χ0n) is 10.9. The molecule has 1 aliphatic rings. The normalized spacial score (nSPS) is 24.3. The van der Waals surface area contributed by atoms with E-state index in [2.05, 4.69) is 46.1 Å². The Labute approximate surface area is 123 Å². The minimum atomic E-state index is 0.493. The summed E-state index contributed by atoms with van der Waals surface area (Å²) in [6.07, 6.45) is 2.44. The maximum atomic E-state index is 6.12. The first-order valence-electron chi connectivity index (χ1n) is 6.57. The van der Waals surface area contributed by atoms with Crippen LogP contribution in [0.3, 0.4) is 0 Å². The van der Waals surface area contributed by atoms with Crippen LogP contribution in [-0.2, 0) is 0 Å². The minimum absolute atomic E-state index is 0.493. The molecule has 1 fully saturated rings. The second kappa shape index (κ2) is 6.27. The van der Waals surface area contributed by atoms with Crippen molar-refractivity contribution in [2.75, 3.05) is 18.0 Å². The molecule has 1 heterocycles. The summed E-state index contributed by atoms with van der Waals surface area (Å²) in [6, 6.07) is 7.08. The van der Waals surface area contributed by atoms with E-state index in [1.54, 1.807) is 0 Å². The molecule has 2 nitrogen and oxygen atoms in total. The smallest absolute Gasteiger partial charge is 0.0528 e. The molecule has 0 aromatic heterocycles. The molecule has 0 spiro atoms. The van der Waals surface area contributed by atoms with Crippen LogP contribution >= 0.6 is 27.5 Å². The van der Waals surface area contributed by atoms with E-state index in [1.807, 2.05) is 12.1 Å². The minimum Gasteiger partial charge on any atom is -0.365 e.